The van der Waals surface area contributed by atoms with Crippen LogP contribution in [-0.2, 0) is 5.41 Å². The maximum absolute atomic E-state index is 13.8. The molecule has 1 aliphatic carbocycles. The molecule has 100 valence electrons. The molecule has 1 aromatic heterocycles. The van der Waals surface area contributed by atoms with Crippen molar-refractivity contribution in [2.24, 2.45) is 0 Å². The van der Waals surface area contributed by atoms with E-state index >= 15 is 0 Å². The molecule has 0 aliphatic heterocycles. The lowest BCUT2D eigenvalue weighted by Gasteiger charge is -2.12. The van der Waals surface area contributed by atoms with E-state index in [1.165, 1.54) is 11.6 Å². The van der Waals surface area contributed by atoms with Gasteiger partial charge in [-0.25, -0.2) is 9.37 Å². The molecule has 0 radical (unpaired) electrons. The zero-order chi connectivity index (χ0) is 13.7. The molecule has 0 bridgehead atoms. The van der Waals surface area contributed by atoms with Crippen molar-refractivity contribution < 1.29 is 4.39 Å². The topological polar surface area (TPSA) is 54.7 Å². The monoisotopic (exact) mass is 267 g/mol. The highest BCUT2D eigenvalue weighted by Crippen LogP contribution is 2.52. The first-order valence-electron chi connectivity index (χ1n) is 6.70. The quantitative estimate of drug-likeness (QED) is 0.699. The van der Waals surface area contributed by atoms with Crippen molar-refractivity contribution in [1.82, 2.24) is 9.97 Å². The van der Waals surface area contributed by atoms with Crippen LogP contribution in [0.1, 0.15) is 24.2 Å². The van der Waals surface area contributed by atoms with E-state index in [4.69, 9.17) is 5.73 Å². The van der Waals surface area contributed by atoms with Crippen LogP contribution in [0.5, 0.6) is 0 Å². The molecule has 0 unspecified atom stereocenters. The first-order valence-corrected chi connectivity index (χ1v) is 6.70. The number of nitrogens with two attached hydrogens (primary N) is 1. The van der Waals surface area contributed by atoms with Gasteiger partial charge in [0.15, 0.2) is 5.82 Å². The highest BCUT2D eigenvalue weighted by molar-refractivity contribution is 5.76. The Balaban J connectivity index is 1.86. The lowest BCUT2D eigenvalue weighted by molar-refractivity contribution is 0.636. The summed E-state index contributed by atoms with van der Waals surface area (Å²) >= 11 is 0. The van der Waals surface area contributed by atoms with Gasteiger partial charge in [0.25, 0.3) is 0 Å². The molecule has 4 heteroatoms. The Bertz CT molecular complexity index is 785. The minimum Gasteiger partial charge on any atom is -0.399 e. The third kappa shape index (κ3) is 1.54. The summed E-state index contributed by atoms with van der Waals surface area (Å²) < 4.78 is 13.8. The highest BCUT2D eigenvalue weighted by Gasteiger charge is 2.48. The van der Waals surface area contributed by atoms with E-state index in [0.29, 0.717) is 5.52 Å². The third-order valence-corrected chi connectivity index (χ3v) is 4.13. The van der Waals surface area contributed by atoms with Crippen LogP contribution in [0, 0.1) is 5.82 Å². The van der Waals surface area contributed by atoms with E-state index in [0.717, 1.165) is 29.9 Å². The predicted octanol–water partition coefficient (Wildman–Crippen LogP) is 3.36. The van der Waals surface area contributed by atoms with E-state index in [2.05, 4.69) is 9.97 Å². The Morgan fingerprint density at radius 2 is 1.85 bits per heavy atom. The number of nitrogens with zero attached hydrogens (tertiary/aromatic N) is 1. The molecule has 4 rings (SSSR count). The van der Waals surface area contributed by atoms with Crippen molar-refractivity contribution in [3.63, 3.8) is 0 Å². The molecule has 0 atom stereocenters. The number of nitrogens with one attached hydrogen (secondary N) is 1. The summed E-state index contributed by atoms with van der Waals surface area (Å²) in [5.41, 5.74) is 8.75. The molecule has 2 aromatic carbocycles. The second-order valence-corrected chi connectivity index (χ2v) is 5.43. The summed E-state index contributed by atoms with van der Waals surface area (Å²) in [5.74, 6) is 0.570. The number of aromatic nitrogens is 2. The molecular formula is C16H14FN3. The number of hydrogen-bond acceptors (Lipinski definition) is 2. The van der Waals surface area contributed by atoms with Gasteiger partial charge < -0.3 is 10.7 Å². The normalized spacial score (nSPS) is 16.4. The molecule has 3 aromatic rings. The van der Waals surface area contributed by atoms with Gasteiger partial charge in [-0.3, -0.25) is 0 Å². The van der Waals surface area contributed by atoms with E-state index in [1.807, 2.05) is 30.3 Å². The van der Waals surface area contributed by atoms with Crippen LogP contribution in [0.25, 0.3) is 11.0 Å². The van der Waals surface area contributed by atoms with Crippen molar-refractivity contribution in [2.45, 2.75) is 18.3 Å². The number of halogens is 1. The largest absolute Gasteiger partial charge is 0.399 e. The van der Waals surface area contributed by atoms with Crippen molar-refractivity contribution >= 4 is 16.7 Å². The molecule has 0 amide bonds. The Morgan fingerprint density at radius 3 is 2.50 bits per heavy atom. The Kier molecular flexibility index (Phi) is 2.19. The zero-order valence-corrected chi connectivity index (χ0v) is 10.9. The number of rotatable bonds is 2. The van der Waals surface area contributed by atoms with E-state index in [9.17, 15) is 4.39 Å². The number of H-pyrrole nitrogens is 1. The second kappa shape index (κ2) is 3.82. The smallest absolute Gasteiger partial charge is 0.151 e. The minimum absolute atomic E-state index is 0.0981. The fraction of sp³-hybridized carbons (Fsp3) is 0.188. The van der Waals surface area contributed by atoms with E-state index in [-0.39, 0.29) is 11.2 Å². The Labute approximate surface area is 115 Å². The summed E-state index contributed by atoms with van der Waals surface area (Å²) in [5, 5.41) is 0. The molecule has 1 saturated carbocycles. The number of anilines is 1. The number of nitrogen functional groups attached to an aromatic ring is 1. The number of para-hydroxylation sites is 1. The molecule has 0 saturated heterocycles. The average Bonchev–Trinajstić information content (AvgIpc) is 3.13. The van der Waals surface area contributed by atoms with Gasteiger partial charge in [-0.2, -0.15) is 0 Å². The molecule has 0 spiro atoms. The fourth-order valence-electron chi connectivity index (χ4n) is 2.81. The number of fused-ring (bicyclic) bond motifs is 1. The Hall–Kier alpha value is -2.36. The molecule has 1 fully saturated rings. The number of aromatic amines is 1. The lowest BCUT2D eigenvalue weighted by Crippen LogP contribution is -2.10. The molecule has 1 aliphatic rings. The van der Waals surface area contributed by atoms with Gasteiger partial charge >= 0.3 is 0 Å². The number of imidazole rings is 1. The first kappa shape index (κ1) is 11.5. The summed E-state index contributed by atoms with van der Waals surface area (Å²) in [6, 6.07) is 12.9. The maximum Gasteiger partial charge on any atom is 0.151 e. The molecular weight excluding hydrogens is 253 g/mol. The van der Waals surface area contributed by atoms with Crippen LogP contribution in [0.3, 0.4) is 0 Å². The standard InChI is InChI=1S/C16H14FN3/c17-12-2-1-3-13-14(12)20-15(19-13)16(8-9-16)10-4-6-11(18)7-5-10/h1-7H,8-9,18H2,(H,19,20). The minimum atomic E-state index is -0.280. The summed E-state index contributed by atoms with van der Waals surface area (Å²) in [7, 11) is 0. The predicted molar refractivity (Wildman–Crippen MR) is 76.9 cm³/mol. The van der Waals surface area contributed by atoms with Crippen molar-refractivity contribution in [2.75, 3.05) is 5.73 Å². The van der Waals surface area contributed by atoms with Gasteiger partial charge in [-0.1, -0.05) is 18.2 Å². The molecule has 1 heterocycles. The third-order valence-electron chi connectivity index (χ3n) is 4.13. The van der Waals surface area contributed by atoms with Gasteiger partial charge in [-0.15, -0.1) is 0 Å². The second-order valence-electron chi connectivity index (χ2n) is 5.43. The highest BCUT2D eigenvalue weighted by atomic mass is 19.1. The SMILES string of the molecule is Nc1ccc(C2(c3nc4c(F)cccc4[nH]3)CC2)cc1. The van der Waals surface area contributed by atoms with Crippen LogP contribution < -0.4 is 5.73 Å². The molecule has 3 nitrogen and oxygen atoms in total. The van der Waals surface area contributed by atoms with Gasteiger partial charge in [0, 0.05) is 5.69 Å². The van der Waals surface area contributed by atoms with Crippen molar-refractivity contribution in [3.8, 4) is 0 Å². The maximum atomic E-state index is 13.8. The fourth-order valence-corrected chi connectivity index (χ4v) is 2.81. The zero-order valence-electron chi connectivity index (χ0n) is 10.9. The van der Waals surface area contributed by atoms with Gasteiger partial charge in [-0.05, 0) is 42.7 Å². The lowest BCUT2D eigenvalue weighted by atomic mass is 9.95. The van der Waals surface area contributed by atoms with Crippen LogP contribution >= 0.6 is 0 Å². The summed E-state index contributed by atoms with van der Waals surface area (Å²) in [4.78, 5) is 7.75. The Morgan fingerprint density at radius 1 is 1.10 bits per heavy atom. The van der Waals surface area contributed by atoms with Gasteiger partial charge in [0.05, 0.1) is 10.9 Å². The van der Waals surface area contributed by atoms with Crippen LogP contribution in [0.15, 0.2) is 42.5 Å². The first-order chi connectivity index (χ1) is 9.69. The van der Waals surface area contributed by atoms with Crippen LogP contribution in [-0.4, -0.2) is 9.97 Å². The van der Waals surface area contributed by atoms with Crippen LogP contribution in [0.4, 0.5) is 10.1 Å². The molecule has 20 heavy (non-hydrogen) atoms. The number of hydrogen-bond donors (Lipinski definition) is 2. The van der Waals surface area contributed by atoms with Crippen molar-refractivity contribution in [1.29, 1.82) is 0 Å². The van der Waals surface area contributed by atoms with E-state index in [1.54, 1.807) is 6.07 Å². The van der Waals surface area contributed by atoms with Gasteiger partial charge in [0.2, 0.25) is 0 Å². The van der Waals surface area contributed by atoms with E-state index < -0.39 is 0 Å². The summed E-state index contributed by atoms with van der Waals surface area (Å²) in [6.45, 7) is 0. The summed E-state index contributed by atoms with van der Waals surface area (Å²) in [6.07, 6.45) is 2.05. The van der Waals surface area contributed by atoms with Crippen molar-refractivity contribution in [3.05, 3.63) is 59.7 Å². The number of benzene rings is 2. The van der Waals surface area contributed by atoms with Crippen LogP contribution in [0.2, 0.25) is 0 Å². The van der Waals surface area contributed by atoms with Gasteiger partial charge in [0.1, 0.15) is 11.3 Å². The average molecular weight is 267 g/mol. The molecule has 3 N–H and O–H groups in total.